The Morgan fingerprint density at radius 3 is 2.17 bits per heavy atom. The Hall–Kier alpha value is -2.55. The minimum absolute atomic E-state index is 0.0558. The molecule has 0 aromatic heterocycles. The second kappa shape index (κ2) is 10.8. The number of allylic oxidation sites excluding steroid dienone is 2. The van der Waals surface area contributed by atoms with Gasteiger partial charge in [0.05, 0.1) is 6.10 Å². The van der Waals surface area contributed by atoms with Crippen molar-refractivity contribution in [1.29, 1.82) is 0 Å². The molecular weight excluding hydrogens is 489 g/mol. The van der Waals surface area contributed by atoms with Gasteiger partial charge in [-0.15, -0.1) is 13.2 Å². The molecule has 0 saturated carbocycles. The maximum absolute atomic E-state index is 15.0. The number of hydrogen-bond donors (Lipinski definition) is 0. The largest absolute Gasteiger partial charge is 0.573 e. The van der Waals surface area contributed by atoms with Gasteiger partial charge in [-0.1, -0.05) is 31.6 Å². The van der Waals surface area contributed by atoms with Gasteiger partial charge in [-0.2, -0.15) is 0 Å². The highest BCUT2D eigenvalue weighted by Gasteiger charge is 2.34. The van der Waals surface area contributed by atoms with Gasteiger partial charge in [0.2, 0.25) is 5.75 Å². The fraction of sp³-hybridized carbons (Fsp3) is 0.481. The molecule has 2 aromatic carbocycles. The highest BCUT2D eigenvalue weighted by Crippen LogP contribution is 2.39. The van der Waals surface area contributed by atoms with Gasteiger partial charge >= 0.3 is 6.36 Å². The molecule has 2 aromatic rings. The number of alkyl halides is 3. The first kappa shape index (κ1) is 26.5. The van der Waals surface area contributed by atoms with E-state index in [9.17, 15) is 26.3 Å². The lowest BCUT2D eigenvalue weighted by Crippen LogP contribution is -2.32. The van der Waals surface area contributed by atoms with E-state index >= 15 is 4.39 Å². The quantitative estimate of drug-likeness (QED) is 0.358. The van der Waals surface area contributed by atoms with Crippen molar-refractivity contribution in [1.82, 2.24) is 0 Å². The summed E-state index contributed by atoms with van der Waals surface area (Å²) in [5, 5.41) is 0. The Kier molecular flexibility index (Phi) is 7.97. The van der Waals surface area contributed by atoms with Gasteiger partial charge in [-0.05, 0) is 73.6 Å². The third kappa shape index (κ3) is 5.88. The van der Waals surface area contributed by atoms with Crippen molar-refractivity contribution in [2.24, 2.45) is 11.8 Å². The smallest absolute Gasteiger partial charge is 0.399 e. The van der Waals surface area contributed by atoms with E-state index in [0.717, 1.165) is 44.8 Å². The minimum atomic E-state index is -5.31. The monoisotopic (exact) mass is 516 g/mol. The normalized spacial score (nSPS) is 22.9. The SMILES string of the molecule is CCCC1CCC(C2CC=C(c3ccc(-c4cc(F)c(OC(F)(F)F)c(F)c4)c(F)c3F)CC2)OC1. The van der Waals surface area contributed by atoms with Crippen LogP contribution in [0.2, 0.25) is 0 Å². The van der Waals surface area contributed by atoms with Crippen LogP contribution in [0.4, 0.5) is 30.7 Å². The maximum Gasteiger partial charge on any atom is 0.573 e. The summed E-state index contributed by atoms with van der Waals surface area (Å²) in [7, 11) is 0. The van der Waals surface area contributed by atoms with Crippen LogP contribution in [0.25, 0.3) is 16.7 Å². The van der Waals surface area contributed by atoms with Crippen LogP contribution in [-0.4, -0.2) is 19.1 Å². The minimum Gasteiger partial charge on any atom is -0.399 e. The fourth-order valence-corrected chi connectivity index (χ4v) is 5.22. The van der Waals surface area contributed by atoms with Crippen molar-refractivity contribution in [3.05, 3.63) is 59.2 Å². The number of rotatable bonds is 6. The summed E-state index contributed by atoms with van der Waals surface area (Å²) in [5.74, 6) is -6.62. The average Bonchev–Trinajstić information content (AvgIpc) is 2.83. The molecule has 3 unspecified atom stereocenters. The van der Waals surface area contributed by atoms with Gasteiger partial charge in [-0.25, -0.2) is 17.6 Å². The summed E-state index contributed by atoms with van der Waals surface area (Å²) in [6, 6.07) is 3.43. The van der Waals surface area contributed by atoms with E-state index in [1.165, 1.54) is 6.07 Å². The zero-order chi connectivity index (χ0) is 26.0. The number of ether oxygens (including phenoxy) is 2. The van der Waals surface area contributed by atoms with Crippen molar-refractivity contribution < 1.29 is 40.2 Å². The topological polar surface area (TPSA) is 18.5 Å². The van der Waals surface area contributed by atoms with Crippen molar-refractivity contribution in [3.8, 4) is 16.9 Å². The summed E-state index contributed by atoms with van der Waals surface area (Å²) in [6.45, 7) is 2.92. The van der Waals surface area contributed by atoms with Crippen molar-refractivity contribution in [2.75, 3.05) is 6.61 Å². The van der Waals surface area contributed by atoms with Crippen LogP contribution in [0.15, 0.2) is 30.3 Å². The number of hydrogen-bond acceptors (Lipinski definition) is 2. The van der Waals surface area contributed by atoms with Crippen LogP contribution in [-0.2, 0) is 4.74 Å². The molecule has 3 atom stereocenters. The van der Waals surface area contributed by atoms with Gasteiger partial charge in [0.1, 0.15) is 0 Å². The molecule has 1 fully saturated rings. The molecule has 0 amide bonds. The molecule has 0 radical (unpaired) electrons. The molecule has 4 rings (SSSR count). The second-order valence-corrected chi connectivity index (χ2v) is 9.47. The van der Waals surface area contributed by atoms with E-state index in [2.05, 4.69) is 11.7 Å². The number of benzene rings is 2. The molecule has 0 bridgehead atoms. The first-order valence-electron chi connectivity index (χ1n) is 12.1. The lowest BCUT2D eigenvalue weighted by Gasteiger charge is -2.35. The second-order valence-electron chi connectivity index (χ2n) is 9.47. The zero-order valence-electron chi connectivity index (χ0n) is 19.7. The van der Waals surface area contributed by atoms with Crippen molar-refractivity contribution >= 4 is 5.57 Å². The van der Waals surface area contributed by atoms with Crippen LogP contribution < -0.4 is 4.74 Å². The molecule has 1 heterocycles. The summed E-state index contributed by atoms with van der Waals surface area (Å²) in [5.41, 5.74) is -0.226. The lowest BCUT2D eigenvalue weighted by atomic mass is 9.80. The average molecular weight is 516 g/mol. The Balaban J connectivity index is 1.50. The van der Waals surface area contributed by atoms with Crippen LogP contribution in [0, 0.1) is 35.1 Å². The molecular formula is C27H27F7O2. The van der Waals surface area contributed by atoms with Gasteiger partial charge in [0, 0.05) is 17.7 Å². The molecule has 196 valence electrons. The molecule has 2 nitrogen and oxygen atoms in total. The first-order valence-corrected chi connectivity index (χ1v) is 12.1. The zero-order valence-corrected chi connectivity index (χ0v) is 19.7. The fourth-order valence-electron chi connectivity index (χ4n) is 5.22. The Morgan fingerprint density at radius 2 is 1.61 bits per heavy atom. The van der Waals surface area contributed by atoms with E-state index < -0.39 is 46.5 Å². The van der Waals surface area contributed by atoms with Crippen molar-refractivity contribution in [3.63, 3.8) is 0 Å². The molecule has 1 aliphatic carbocycles. The van der Waals surface area contributed by atoms with E-state index in [-0.39, 0.29) is 11.7 Å². The standard InChI is InChI=1S/C27H27F7O2/c1-2-3-15-4-11-23(35-14-15)17-7-5-16(6-8-17)19-9-10-20(25(31)24(19)30)18-12-21(28)26(22(29)13-18)36-27(32,33)34/h5,9-10,12-13,15,17,23H,2-4,6-8,11,14H2,1H3. The van der Waals surface area contributed by atoms with Crippen LogP contribution in [0.5, 0.6) is 5.75 Å². The first-order chi connectivity index (χ1) is 17.1. The van der Waals surface area contributed by atoms with Crippen molar-refractivity contribution in [2.45, 2.75) is 64.3 Å². The summed E-state index contributed by atoms with van der Waals surface area (Å²) in [4.78, 5) is 0. The summed E-state index contributed by atoms with van der Waals surface area (Å²) in [6.07, 6.45) is 3.15. The molecule has 1 aliphatic heterocycles. The Labute approximate surface area is 205 Å². The van der Waals surface area contributed by atoms with Gasteiger partial charge in [-0.3, -0.25) is 0 Å². The summed E-state index contributed by atoms with van der Waals surface area (Å²) >= 11 is 0. The molecule has 9 heteroatoms. The Bertz CT molecular complexity index is 1090. The van der Waals surface area contributed by atoms with E-state index in [1.807, 2.05) is 6.08 Å². The number of halogens is 7. The highest BCUT2D eigenvalue weighted by molar-refractivity contribution is 5.72. The predicted octanol–water partition coefficient (Wildman–Crippen LogP) is 8.59. The van der Waals surface area contributed by atoms with E-state index in [0.29, 0.717) is 42.4 Å². The van der Waals surface area contributed by atoms with E-state index in [4.69, 9.17) is 4.74 Å². The predicted molar refractivity (Wildman–Crippen MR) is 121 cm³/mol. The highest BCUT2D eigenvalue weighted by atomic mass is 19.4. The molecule has 0 spiro atoms. The molecule has 36 heavy (non-hydrogen) atoms. The Morgan fingerprint density at radius 1 is 0.944 bits per heavy atom. The third-order valence-electron chi connectivity index (χ3n) is 7.03. The van der Waals surface area contributed by atoms with Crippen LogP contribution in [0.3, 0.4) is 0 Å². The third-order valence-corrected chi connectivity index (χ3v) is 7.03. The lowest BCUT2D eigenvalue weighted by molar-refractivity contribution is -0.276. The van der Waals surface area contributed by atoms with Crippen LogP contribution in [0.1, 0.15) is 57.4 Å². The van der Waals surface area contributed by atoms with E-state index in [1.54, 1.807) is 0 Å². The summed E-state index contributed by atoms with van der Waals surface area (Å²) < 4.78 is 105. The molecule has 2 aliphatic rings. The van der Waals surface area contributed by atoms with Gasteiger partial charge in [0.15, 0.2) is 23.3 Å². The van der Waals surface area contributed by atoms with Gasteiger partial charge in [0.25, 0.3) is 0 Å². The van der Waals surface area contributed by atoms with Crippen LogP contribution >= 0.6 is 0 Å². The van der Waals surface area contributed by atoms with Gasteiger partial charge < -0.3 is 9.47 Å². The maximum atomic E-state index is 15.0. The molecule has 0 N–H and O–H groups in total. The molecule has 1 saturated heterocycles.